The lowest BCUT2D eigenvalue weighted by Gasteiger charge is -2.35. The first kappa shape index (κ1) is 12.7. The molecule has 1 amide bonds. The van der Waals surface area contributed by atoms with E-state index >= 15 is 0 Å². The van der Waals surface area contributed by atoms with Gasteiger partial charge in [-0.3, -0.25) is 4.79 Å². The van der Waals surface area contributed by atoms with Crippen LogP contribution in [0.3, 0.4) is 0 Å². The molecule has 0 saturated carbocycles. The number of amides is 1. The van der Waals surface area contributed by atoms with Gasteiger partial charge < -0.3 is 14.4 Å². The van der Waals surface area contributed by atoms with Crippen molar-refractivity contribution < 1.29 is 19.1 Å². The molecule has 1 aromatic heterocycles. The van der Waals surface area contributed by atoms with Gasteiger partial charge in [-0.05, 0) is 31.7 Å². The smallest absolute Gasteiger partial charge is 0.326 e. The number of furan rings is 1. The van der Waals surface area contributed by atoms with E-state index < -0.39 is 12.0 Å². The van der Waals surface area contributed by atoms with Gasteiger partial charge in [0.2, 0.25) is 0 Å². The molecule has 1 fully saturated rings. The molecule has 1 aromatic rings. The molecule has 2 rings (SSSR count). The lowest BCUT2D eigenvalue weighted by Crippen LogP contribution is -2.49. The fourth-order valence-electron chi connectivity index (χ4n) is 2.34. The van der Waals surface area contributed by atoms with Gasteiger partial charge in [0.25, 0.3) is 5.91 Å². The molecule has 1 saturated heterocycles. The summed E-state index contributed by atoms with van der Waals surface area (Å²) in [4.78, 5) is 24.9. The molecule has 2 heterocycles. The van der Waals surface area contributed by atoms with E-state index in [1.807, 2.05) is 6.92 Å². The van der Waals surface area contributed by atoms with Crippen molar-refractivity contribution in [1.29, 1.82) is 0 Å². The van der Waals surface area contributed by atoms with E-state index in [1.54, 1.807) is 13.0 Å². The van der Waals surface area contributed by atoms with Crippen molar-refractivity contribution in [2.24, 2.45) is 5.92 Å². The maximum absolute atomic E-state index is 12.3. The van der Waals surface area contributed by atoms with Crippen molar-refractivity contribution in [1.82, 2.24) is 4.90 Å². The molecule has 0 aliphatic carbocycles. The number of carboxylic acids is 1. The van der Waals surface area contributed by atoms with Crippen LogP contribution in [0.25, 0.3) is 0 Å². The first-order valence-corrected chi connectivity index (χ1v) is 6.08. The number of likely N-dealkylation sites (tertiary alicyclic amines) is 1. The maximum Gasteiger partial charge on any atom is 0.326 e. The Hall–Kier alpha value is -1.78. The highest BCUT2D eigenvalue weighted by atomic mass is 16.4. The summed E-state index contributed by atoms with van der Waals surface area (Å²) in [6.07, 6.45) is 2.78. The number of rotatable bonds is 2. The number of aliphatic carboxylic acids is 1. The summed E-state index contributed by atoms with van der Waals surface area (Å²) < 4.78 is 5.15. The minimum Gasteiger partial charge on any atom is -0.480 e. The second kappa shape index (κ2) is 4.84. The predicted octanol–water partition coefficient (Wildman–Crippen LogP) is 1.91. The van der Waals surface area contributed by atoms with Gasteiger partial charge in [-0.2, -0.15) is 0 Å². The SMILES string of the molecule is Cc1ccoc1C(=O)N1CCC(C)CC1C(=O)O. The predicted molar refractivity (Wildman–Crippen MR) is 64.3 cm³/mol. The van der Waals surface area contributed by atoms with E-state index in [9.17, 15) is 14.7 Å². The summed E-state index contributed by atoms with van der Waals surface area (Å²) >= 11 is 0. The topological polar surface area (TPSA) is 70.8 Å². The molecule has 1 aliphatic rings. The molecule has 0 spiro atoms. The number of nitrogens with zero attached hydrogens (tertiary/aromatic N) is 1. The van der Waals surface area contributed by atoms with Crippen molar-refractivity contribution in [2.75, 3.05) is 6.54 Å². The Bertz CT molecular complexity index is 465. The fraction of sp³-hybridized carbons (Fsp3) is 0.538. The van der Waals surface area contributed by atoms with Crippen LogP contribution in [0.4, 0.5) is 0 Å². The van der Waals surface area contributed by atoms with Crippen molar-refractivity contribution in [2.45, 2.75) is 32.7 Å². The molecule has 0 aromatic carbocycles. The van der Waals surface area contributed by atoms with Gasteiger partial charge in [-0.25, -0.2) is 4.79 Å². The van der Waals surface area contributed by atoms with Crippen molar-refractivity contribution >= 4 is 11.9 Å². The summed E-state index contributed by atoms with van der Waals surface area (Å²) in [5, 5.41) is 9.22. The molecule has 0 bridgehead atoms. The van der Waals surface area contributed by atoms with E-state index in [4.69, 9.17) is 4.42 Å². The third-order valence-corrected chi connectivity index (χ3v) is 3.47. The number of hydrogen-bond acceptors (Lipinski definition) is 3. The van der Waals surface area contributed by atoms with E-state index in [0.717, 1.165) is 12.0 Å². The molecule has 0 radical (unpaired) electrons. The summed E-state index contributed by atoms with van der Waals surface area (Å²) in [6.45, 7) is 4.26. The molecule has 5 heteroatoms. The van der Waals surface area contributed by atoms with E-state index in [0.29, 0.717) is 18.9 Å². The van der Waals surface area contributed by atoms with Crippen LogP contribution >= 0.6 is 0 Å². The number of carbonyl (C=O) groups is 2. The Labute approximate surface area is 105 Å². The zero-order valence-corrected chi connectivity index (χ0v) is 10.5. The van der Waals surface area contributed by atoms with Crippen LogP contribution in [0.1, 0.15) is 35.9 Å². The highest BCUT2D eigenvalue weighted by molar-refractivity contribution is 5.95. The summed E-state index contributed by atoms with van der Waals surface area (Å²) in [5.41, 5.74) is 0.739. The highest BCUT2D eigenvalue weighted by Gasteiger charge is 2.36. The quantitative estimate of drug-likeness (QED) is 0.871. The number of carboxylic acid groups (broad SMARTS) is 1. The maximum atomic E-state index is 12.3. The zero-order chi connectivity index (χ0) is 13.3. The Morgan fingerprint density at radius 2 is 2.22 bits per heavy atom. The van der Waals surface area contributed by atoms with E-state index in [1.165, 1.54) is 11.2 Å². The van der Waals surface area contributed by atoms with Crippen LogP contribution in [-0.2, 0) is 4.79 Å². The lowest BCUT2D eigenvalue weighted by atomic mass is 9.92. The lowest BCUT2D eigenvalue weighted by molar-refractivity contribution is -0.144. The number of carbonyl (C=O) groups excluding carboxylic acids is 1. The second-order valence-corrected chi connectivity index (χ2v) is 4.91. The van der Waals surface area contributed by atoms with Crippen LogP contribution in [-0.4, -0.2) is 34.5 Å². The van der Waals surface area contributed by atoms with Gasteiger partial charge in [-0.15, -0.1) is 0 Å². The Balaban J connectivity index is 2.23. The van der Waals surface area contributed by atoms with Crippen LogP contribution in [0.15, 0.2) is 16.7 Å². The molecule has 5 nitrogen and oxygen atoms in total. The molecule has 98 valence electrons. The number of aryl methyl sites for hydroxylation is 1. The Kier molecular flexibility index (Phi) is 3.41. The summed E-state index contributed by atoms with van der Waals surface area (Å²) in [5.74, 6) is -0.695. The molecule has 1 N–H and O–H groups in total. The molecule has 2 unspecified atom stereocenters. The summed E-state index contributed by atoms with van der Waals surface area (Å²) in [6, 6.07) is 0.959. The van der Waals surface area contributed by atoms with E-state index in [2.05, 4.69) is 0 Å². The van der Waals surface area contributed by atoms with Crippen molar-refractivity contribution in [3.63, 3.8) is 0 Å². The van der Waals surface area contributed by atoms with Gasteiger partial charge in [-0.1, -0.05) is 6.92 Å². The molecular weight excluding hydrogens is 234 g/mol. The largest absolute Gasteiger partial charge is 0.480 e. The molecular formula is C13H17NO4. The van der Waals surface area contributed by atoms with E-state index in [-0.39, 0.29) is 11.7 Å². The minimum atomic E-state index is -0.945. The number of piperidine rings is 1. The zero-order valence-electron chi connectivity index (χ0n) is 10.5. The fourth-order valence-corrected chi connectivity index (χ4v) is 2.34. The van der Waals surface area contributed by atoms with Crippen molar-refractivity contribution in [3.05, 3.63) is 23.7 Å². The third-order valence-electron chi connectivity index (χ3n) is 3.47. The number of hydrogen-bond donors (Lipinski definition) is 1. The molecule has 18 heavy (non-hydrogen) atoms. The standard InChI is InChI=1S/C13H17NO4/c1-8-3-5-14(10(7-8)13(16)17)12(15)11-9(2)4-6-18-11/h4,6,8,10H,3,5,7H2,1-2H3,(H,16,17). The van der Waals surface area contributed by atoms with Gasteiger partial charge >= 0.3 is 5.97 Å². The molecule has 2 atom stereocenters. The Morgan fingerprint density at radius 1 is 1.50 bits per heavy atom. The first-order valence-electron chi connectivity index (χ1n) is 6.08. The molecule has 1 aliphatic heterocycles. The highest BCUT2D eigenvalue weighted by Crippen LogP contribution is 2.25. The van der Waals surface area contributed by atoms with Crippen molar-refractivity contribution in [3.8, 4) is 0 Å². The van der Waals surface area contributed by atoms with Crippen LogP contribution < -0.4 is 0 Å². The van der Waals surface area contributed by atoms with Crippen LogP contribution in [0.5, 0.6) is 0 Å². The normalized spacial score (nSPS) is 24.0. The third kappa shape index (κ3) is 2.25. The van der Waals surface area contributed by atoms with Gasteiger partial charge in [0.1, 0.15) is 6.04 Å². The van der Waals surface area contributed by atoms with Gasteiger partial charge in [0.15, 0.2) is 5.76 Å². The average molecular weight is 251 g/mol. The summed E-state index contributed by atoms with van der Waals surface area (Å²) in [7, 11) is 0. The first-order chi connectivity index (χ1) is 8.50. The monoisotopic (exact) mass is 251 g/mol. The minimum absolute atomic E-state index is 0.246. The average Bonchev–Trinajstić information content (AvgIpc) is 2.74. The van der Waals surface area contributed by atoms with Gasteiger partial charge in [0, 0.05) is 12.1 Å². The second-order valence-electron chi connectivity index (χ2n) is 4.91. The van der Waals surface area contributed by atoms with Crippen LogP contribution in [0, 0.1) is 12.8 Å². The van der Waals surface area contributed by atoms with Gasteiger partial charge in [0.05, 0.1) is 6.26 Å². The Morgan fingerprint density at radius 3 is 2.78 bits per heavy atom. The van der Waals surface area contributed by atoms with Crippen LogP contribution in [0.2, 0.25) is 0 Å².